The third-order valence-electron chi connectivity index (χ3n) is 2.15. The second kappa shape index (κ2) is 3.61. The van der Waals surface area contributed by atoms with Gasteiger partial charge in [0.2, 0.25) is 0 Å². The van der Waals surface area contributed by atoms with Gasteiger partial charge in [-0.05, 0) is 18.2 Å². The van der Waals surface area contributed by atoms with Crippen LogP contribution in [0.15, 0.2) is 17.4 Å². The largest absolute Gasteiger partial charge is 0.346 e. The quantitative estimate of drug-likeness (QED) is 0.608. The highest BCUT2D eigenvalue weighted by Crippen LogP contribution is 2.24. The zero-order chi connectivity index (χ0) is 10.1. The zero-order valence-corrected chi connectivity index (χ0v) is 9.35. The number of hydrogen-bond acceptors (Lipinski definition) is 3. The molecule has 74 valence electrons. The normalized spacial score (nSPS) is 11.4. The summed E-state index contributed by atoms with van der Waals surface area (Å²) in [5.74, 6) is 0.433. The number of aromatic amines is 1. The molecule has 0 atom stereocenters. The number of aromatic nitrogens is 3. The first kappa shape index (κ1) is 9.52. The summed E-state index contributed by atoms with van der Waals surface area (Å²) in [4.78, 5) is 12.0. The minimum atomic E-state index is 0.433. The van der Waals surface area contributed by atoms with Crippen LogP contribution in [0.1, 0.15) is 25.5 Å². The van der Waals surface area contributed by atoms with Crippen molar-refractivity contribution in [3.8, 4) is 0 Å². The summed E-state index contributed by atoms with van der Waals surface area (Å²) >= 11 is 1.58. The van der Waals surface area contributed by atoms with E-state index in [1.807, 2.05) is 18.5 Å². The molecule has 0 aliphatic heterocycles. The minimum absolute atomic E-state index is 0.433. The van der Waals surface area contributed by atoms with Crippen molar-refractivity contribution in [2.24, 2.45) is 0 Å². The maximum Gasteiger partial charge on any atom is 0.189 e. The Morgan fingerprint density at radius 3 is 2.79 bits per heavy atom. The van der Waals surface area contributed by atoms with E-state index in [0.717, 1.165) is 21.9 Å². The molecule has 0 unspecified atom stereocenters. The van der Waals surface area contributed by atoms with Crippen molar-refractivity contribution in [3.05, 3.63) is 18.0 Å². The summed E-state index contributed by atoms with van der Waals surface area (Å²) in [6, 6.07) is 2.04. The average molecular weight is 207 g/mol. The lowest BCUT2D eigenvalue weighted by atomic mass is 10.1. The van der Waals surface area contributed by atoms with Gasteiger partial charge in [-0.1, -0.05) is 25.6 Å². The van der Waals surface area contributed by atoms with Crippen LogP contribution < -0.4 is 0 Å². The molecule has 2 heterocycles. The van der Waals surface area contributed by atoms with E-state index >= 15 is 0 Å². The first-order valence-electron chi connectivity index (χ1n) is 4.61. The lowest BCUT2D eigenvalue weighted by molar-refractivity contribution is 0.797. The predicted molar refractivity (Wildman–Crippen MR) is 59.8 cm³/mol. The summed E-state index contributed by atoms with van der Waals surface area (Å²) in [7, 11) is 0. The Kier molecular flexibility index (Phi) is 2.46. The number of H-pyrrole nitrogens is 1. The lowest BCUT2D eigenvalue weighted by Crippen LogP contribution is -1.97. The van der Waals surface area contributed by atoms with Crippen LogP contribution in [-0.2, 0) is 0 Å². The topological polar surface area (TPSA) is 41.6 Å². The Morgan fingerprint density at radius 2 is 2.14 bits per heavy atom. The van der Waals surface area contributed by atoms with E-state index in [4.69, 9.17) is 0 Å². The molecule has 0 aliphatic carbocycles. The van der Waals surface area contributed by atoms with Gasteiger partial charge in [0.1, 0.15) is 5.65 Å². The number of rotatable bonds is 2. The molecule has 0 bridgehead atoms. The SMILES string of the molecule is CSc1nc(C(C)C)c2cc[nH]c2n1. The van der Waals surface area contributed by atoms with Gasteiger partial charge in [0.15, 0.2) is 5.16 Å². The number of nitrogens with zero attached hydrogens (tertiary/aromatic N) is 2. The molecule has 0 spiro atoms. The van der Waals surface area contributed by atoms with Gasteiger partial charge >= 0.3 is 0 Å². The number of nitrogens with one attached hydrogen (secondary N) is 1. The van der Waals surface area contributed by atoms with Crippen molar-refractivity contribution >= 4 is 22.8 Å². The standard InChI is InChI=1S/C10H13N3S/c1-6(2)8-7-4-5-11-9(7)13-10(12-8)14-3/h4-6H,1-3H3,(H,11,12,13). The molecule has 0 aromatic carbocycles. The number of fused-ring (bicyclic) bond motifs is 1. The third-order valence-corrected chi connectivity index (χ3v) is 2.70. The minimum Gasteiger partial charge on any atom is -0.346 e. The van der Waals surface area contributed by atoms with Gasteiger partial charge in [-0.25, -0.2) is 9.97 Å². The first-order chi connectivity index (χ1) is 6.72. The second-order valence-corrected chi connectivity index (χ2v) is 4.26. The Balaban J connectivity index is 2.70. The summed E-state index contributed by atoms with van der Waals surface area (Å²) in [6.45, 7) is 4.30. The van der Waals surface area contributed by atoms with Gasteiger partial charge in [0.25, 0.3) is 0 Å². The molecular formula is C10H13N3S. The molecule has 0 fully saturated rings. The van der Waals surface area contributed by atoms with Gasteiger partial charge in [-0.2, -0.15) is 0 Å². The van der Waals surface area contributed by atoms with Gasteiger partial charge < -0.3 is 4.98 Å². The summed E-state index contributed by atoms with van der Waals surface area (Å²) < 4.78 is 0. The highest BCUT2D eigenvalue weighted by molar-refractivity contribution is 7.98. The monoisotopic (exact) mass is 207 g/mol. The van der Waals surface area contributed by atoms with E-state index in [-0.39, 0.29) is 0 Å². The molecule has 0 aliphatic rings. The van der Waals surface area contributed by atoms with Crippen LogP contribution in [0.25, 0.3) is 11.0 Å². The van der Waals surface area contributed by atoms with Gasteiger partial charge in [-0.3, -0.25) is 0 Å². The van der Waals surface area contributed by atoms with Gasteiger partial charge in [-0.15, -0.1) is 0 Å². The van der Waals surface area contributed by atoms with E-state index in [9.17, 15) is 0 Å². The van der Waals surface area contributed by atoms with Crippen LogP contribution in [0.4, 0.5) is 0 Å². The van der Waals surface area contributed by atoms with Crippen LogP contribution >= 0.6 is 11.8 Å². The Morgan fingerprint density at radius 1 is 1.36 bits per heavy atom. The molecule has 0 radical (unpaired) electrons. The molecule has 0 saturated heterocycles. The average Bonchev–Trinajstić information content (AvgIpc) is 2.63. The molecular weight excluding hydrogens is 194 g/mol. The fourth-order valence-corrected chi connectivity index (χ4v) is 1.85. The zero-order valence-electron chi connectivity index (χ0n) is 8.53. The van der Waals surface area contributed by atoms with E-state index in [2.05, 4.69) is 28.8 Å². The summed E-state index contributed by atoms with van der Waals surface area (Å²) in [5, 5.41) is 1.97. The van der Waals surface area contributed by atoms with Gasteiger partial charge in [0, 0.05) is 11.6 Å². The van der Waals surface area contributed by atoms with Crippen molar-refractivity contribution < 1.29 is 0 Å². The predicted octanol–water partition coefficient (Wildman–Crippen LogP) is 2.80. The van der Waals surface area contributed by atoms with Crippen molar-refractivity contribution in [1.82, 2.24) is 15.0 Å². The Labute approximate surface area is 87.3 Å². The van der Waals surface area contributed by atoms with Crippen molar-refractivity contribution in [1.29, 1.82) is 0 Å². The van der Waals surface area contributed by atoms with Crippen molar-refractivity contribution in [2.75, 3.05) is 6.26 Å². The van der Waals surface area contributed by atoms with Crippen LogP contribution in [0.5, 0.6) is 0 Å². The van der Waals surface area contributed by atoms with Gasteiger partial charge in [0.05, 0.1) is 5.69 Å². The van der Waals surface area contributed by atoms with E-state index in [1.165, 1.54) is 0 Å². The lowest BCUT2D eigenvalue weighted by Gasteiger charge is -2.06. The van der Waals surface area contributed by atoms with Crippen LogP contribution in [0.3, 0.4) is 0 Å². The molecule has 4 heteroatoms. The molecule has 0 amide bonds. The smallest absolute Gasteiger partial charge is 0.189 e. The maximum absolute atomic E-state index is 4.52. The Hall–Kier alpha value is -1.03. The second-order valence-electron chi connectivity index (χ2n) is 3.49. The fraction of sp³-hybridized carbons (Fsp3) is 0.400. The van der Waals surface area contributed by atoms with E-state index < -0.39 is 0 Å². The molecule has 2 rings (SSSR count). The Bertz CT molecular complexity index is 448. The molecule has 3 nitrogen and oxygen atoms in total. The third kappa shape index (κ3) is 1.50. The van der Waals surface area contributed by atoms with Crippen LogP contribution in [0, 0.1) is 0 Å². The van der Waals surface area contributed by atoms with E-state index in [1.54, 1.807) is 11.8 Å². The molecule has 0 saturated carbocycles. The van der Waals surface area contributed by atoms with Crippen molar-refractivity contribution in [3.63, 3.8) is 0 Å². The number of hydrogen-bond donors (Lipinski definition) is 1. The summed E-state index contributed by atoms with van der Waals surface area (Å²) in [6.07, 6.45) is 3.91. The van der Waals surface area contributed by atoms with Crippen LogP contribution in [-0.4, -0.2) is 21.2 Å². The highest BCUT2D eigenvalue weighted by atomic mass is 32.2. The first-order valence-corrected chi connectivity index (χ1v) is 5.84. The molecule has 2 aromatic heterocycles. The van der Waals surface area contributed by atoms with Crippen LogP contribution in [0.2, 0.25) is 0 Å². The van der Waals surface area contributed by atoms with E-state index in [0.29, 0.717) is 5.92 Å². The molecule has 1 N–H and O–H groups in total. The number of thioether (sulfide) groups is 1. The maximum atomic E-state index is 4.52. The molecule has 14 heavy (non-hydrogen) atoms. The highest BCUT2D eigenvalue weighted by Gasteiger charge is 2.10. The molecule has 2 aromatic rings. The fourth-order valence-electron chi connectivity index (χ4n) is 1.48. The summed E-state index contributed by atoms with van der Waals surface area (Å²) in [5.41, 5.74) is 2.06. The van der Waals surface area contributed by atoms with Crippen molar-refractivity contribution in [2.45, 2.75) is 24.9 Å².